The monoisotopic (exact) mass is 658 g/mol. The minimum absolute atomic E-state index is 1.22. The molecule has 0 aliphatic rings. The quantitative estimate of drug-likeness (QED) is 0.156. The third-order valence-corrected chi connectivity index (χ3v) is 10.7. The highest BCUT2D eigenvalue weighted by molar-refractivity contribution is 6.30. The minimum atomic E-state index is 1.22. The zero-order valence-corrected chi connectivity index (χ0v) is 28.6. The summed E-state index contributed by atoms with van der Waals surface area (Å²) in [7, 11) is 0. The van der Waals surface area contributed by atoms with E-state index < -0.39 is 0 Å². The Bertz CT molecular complexity index is 2710. The maximum absolute atomic E-state index is 2.42. The van der Waals surface area contributed by atoms with Gasteiger partial charge in [-0.05, 0) is 105 Å². The SMILES string of the molecule is c1ccc(-c2ccc(-c3ccc4ccc5c(-c6ccc(-c7ccccc7)cc6)cc(-c6ccc(-c7ccccc7)cc6)c6ccc3c4c56)cc2)cc1. The lowest BCUT2D eigenvalue weighted by molar-refractivity contribution is 1.59. The van der Waals surface area contributed by atoms with Gasteiger partial charge in [0, 0.05) is 0 Å². The summed E-state index contributed by atoms with van der Waals surface area (Å²) < 4.78 is 0. The van der Waals surface area contributed by atoms with E-state index in [9.17, 15) is 0 Å². The van der Waals surface area contributed by atoms with E-state index in [2.05, 4.69) is 206 Å². The van der Waals surface area contributed by atoms with E-state index in [1.807, 2.05) is 0 Å². The van der Waals surface area contributed by atoms with Gasteiger partial charge < -0.3 is 0 Å². The first-order valence-electron chi connectivity index (χ1n) is 18.0. The average Bonchev–Trinajstić information content (AvgIpc) is 3.24. The Labute approximate surface area is 304 Å². The molecule has 0 fully saturated rings. The number of hydrogen-bond acceptors (Lipinski definition) is 0. The summed E-state index contributed by atoms with van der Waals surface area (Å²) in [4.78, 5) is 0. The van der Waals surface area contributed by atoms with E-state index in [0.29, 0.717) is 0 Å². The summed E-state index contributed by atoms with van der Waals surface area (Å²) >= 11 is 0. The maximum Gasteiger partial charge on any atom is -0.00141 e. The van der Waals surface area contributed by atoms with Gasteiger partial charge in [-0.25, -0.2) is 0 Å². The third kappa shape index (κ3) is 5.16. The molecule has 0 aliphatic heterocycles. The second-order valence-corrected chi connectivity index (χ2v) is 13.7. The molecule has 0 unspecified atom stereocenters. The molecule has 242 valence electrons. The van der Waals surface area contributed by atoms with E-state index in [-0.39, 0.29) is 0 Å². The second kappa shape index (κ2) is 12.5. The van der Waals surface area contributed by atoms with Gasteiger partial charge in [-0.3, -0.25) is 0 Å². The molecule has 0 radical (unpaired) electrons. The molecule has 10 aromatic rings. The first kappa shape index (κ1) is 30.1. The molecule has 0 amide bonds. The zero-order chi connectivity index (χ0) is 34.4. The average molecular weight is 659 g/mol. The fourth-order valence-electron chi connectivity index (χ4n) is 8.04. The lowest BCUT2D eigenvalue weighted by Crippen LogP contribution is -1.92. The lowest BCUT2D eigenvalue weighted by atomic mass is 9.83. The lowest BCUT2D eigenvalue weighted by Gasteiger charge is -2.20. The summed E-state index contributed by atoms with van der Waals surface area (Å²) in [5, 5.41) is 7.75. The van der Waals surface area contributed by atoms with Gasteiger partial charge in [0.25, 0.3) is 0 Å². The molecule has 0 aliphatic carbocycles. The van der Waals surface area contributed by atoms with Crippen LogP contribution in [0.1, 0.15) is 0 Å². The van der Waals surface area contributed by atoms with Gasteiger partial charge in [0.1, 0.15) is 0 Å². The summed E-state index contributed by atoms with van der Waals surface area (Å²) in [5.74, 6) is 0. The van der Waals surface area contributed by atoms with Crippen LogP contribution in [0.3, 0.4) is 0 Å². The molecule has 0 saturated carbocycles. The van der Waals surface area contributed by atoms with E-state index in [1.165, 1.54) is 99.1 Å². The van der Waals surface area contributed by atoms with Gasteiger partial charge in [-0.1, -0.05) is 200 Å². The molecule has 0 heteroatoms. The fraction of sp³-hybridized carbons (Fsp3) is 0. The molecule has 0 heterocycles. The van der Waals surface area contributed by atoms with E-state index in [4.69, 9.17) is 0 Å². The molecule has 0 N–H and O–H groups in total. The number of benzene rings is 10. The predicted octanol–water partition coefficient (Wildman–Crippen LogP) is 14.6. The van der Waals surface area contributed by atoms with Crippen LogP contribution in [-0.4, -0.2) is 0 Å². The van der Waals surface area contributed by atoms with Gasteiger partial charge in [-0.2, -0.15) is 0 Å². The van der Waals surface area contributed by atoms with Crippen molar-refractivity contribution in [3.05, 3.63) is 206 Å². The Morgan fingerprint density at radius 3 is 0.923 bits per heavy atom. The van der Waals surface area contributed by atoms with Crippen LogP contribution in [0.5, 0.6) is 0 Å². The van der Waals surface area contributed by atoms with Crippen molar-refractivity contribution in [1.29, 1.82) is 0 Å². The Hall–Kier alpha value is -6.76. The topological polar surface area (TPSA) is 0 Å². The summed E-state index contributed by atoms with van der Waals surface area (Å²) in [6.07, 6.45) is 0. The normalized spacial score (nSPS) is 11.5. The molecule has 52 heavy (non-hydrogen) atoms. The number of rotatable bonds is 6. The van der Waals surface area contributed by atoms with Crippen molar-refractivity contribution in [2.75, 3.05) is 0 Å². The van der Waals surface area contributed by atoms with Crippen LogP contribution < -0.4 is 0 Å². The molecule has 0 nitrogen and oxygen atoms in total. The van der Waals surface area contributed by atoms with E-state index >= 15 is 0 Å². The summed E-state index contributed by atoms with van der Waals surface area (Å²) in [5.41, 5.74) is 14.8. The molecule has 0 aromatic heterocycles. The van der Waals surface area contributed by atoms with Gasteiger partial charge in [-0.15, -0.1) is 0 Å². The molecule has 10 aromatic carbocycles. The van der Waals surface area contributed by atoms with E-state index in [1.54, 1.807) is 0 Å². The molecule has 10 rings (SSSR count). The minimum Gasteiger partial charge on any atom is -0.0622 e. The van der Waals surface area contributed by atoms with Gasteiger partial charge >= 0.3 is 0 Å². The third-order valence-electron chi connectivity index (χ3n) is 10.7. The van der Waals surface area contributed by atoms with Crippen LogP contribution in [0.4, 0.5) is 0 Å². The Morgan fingerprint density at radius 1 is 0.192 bits per heavy atom. The van der Waals surface area contributed by atoms with Crippen molar-refractivity contribution in [2.45, 2.75) is 0 Å². The Balaban J connectivity index is 1.18. The van der Waals surface area contributed by atoms with E-state index in [0.717, 1.165) is 0 Å². The van der Waals surface area contributed by atoms with Crippen LogP contribution in [0.2, 0.25) is 0 Å². The largest absolute Gasteiger partial charge is 0.0622 e. The molecule has 0 saturated heterocycles. The van der Waals surface area contributed by atoms with Crippen molar-refractivity contribution in [2.24, 2.45) is 0 Å². The maximum atomic E-state index is 2.42. The summed E-state index contributed by atoms with van der Waals surface area (Å²) in [6.45, 7) is 0. The highest BCUT2D eigenvalue weighted by atomic mass is 14.2. The van der Waals surface area contributed by atoms with Crippen molar-refractivity contribution in [3.8, 4) is 66.8 Å². The highest BCUT2D eigenvalue weighted by Gasteiger charge is 2.19. The first-order chi connectivity index (χ1) is 25.8. The van der Waals surface area contributed by atoms with Crippen LogP contribution in [0.25, 0.3) is 99.1 Å². The molecule has 0 bridgehead atoms. The van der Waals surface area contributed by atoms with Crippen molar-refractivity contribution >= 4 is 32.3 Å². The number of hydrogen-bond donors (Lipinski definition) is 0. The van der Waals surface area contributed by atoms with Crippen LogP contribution in [0, 0.1) is 0 Å². The standard InChI is InChI=1S/C52H34/c1-4-10-35(11-5-1)38-16-22-41(23-17-38)45-30-28-44-29-31-47-49(42-24-18-39(19-25-42)36-12-6-2-7-13-36)34-50(48-33-32-46(45)51(44)52(47)48)43-26-20-40(21-27-43)37-14-8-3-9-15-37/h1-34H. The predicted molar refractivity (Wildman–Crippen MR) is 223 cm³/mol. The van der Waals surface area contributed by atoms with Crippen molar-refractivity contribution < 1.29 is 0 Å². The fourth-order valence-corrected chi connectivity index (χ4v) is 8.04. The molecule has 0 spiro atoms. The van der Waals surface area contributed by atoms with Crippen LogP contribution in [-0.2, 0) is 0 Å². The summed E-state index contributed by atoms with van der Waals surface area (Å²) in [6, 6.07) is 75.5. The van der Waals surface area contributed by atoms with Crippen LogP contribution >= 0.6 is 0 Å². The zero-order valence-electron chi connectivity index (χ0n) is 28.6. The molecule has 0 atom stereocenters. The highest BCUT2D eigenvalue weighted by Crippen LogP contribution is 2.46. The van der Waals surface area contributed by atoms with Gasteiger partial charge in [0.2, 0.25) is 0 Å². The van der Waals surface area contributed by atoms with Gasteiger partial charge in [0.15, 0.2) is 0 Å². The second-order valence-electron chi connectivity index (χ2n) is 13.7. The van der Waals surface area contributed by atoms with Gasteiger partial charge in [0.05, 0.1) is 0 Å². The Morgan fingerprint density at radius 2 is 0.500 bits per heavy atom. The van der Waals surface area contributed by atoms with Crippen molar-refractivity contribution in [3.63, 3.8) is 0 Å². The Kier molecular flexibility index (Phi) is 7.25. The molecular weight excluding hydrogens is 625 g/mol. The smallest absolute Gasteiger partial charge is 0.00141 e. The van der Waals surface area contributed by atoms with Crippen molar-refractivity contribution in [1.82, 2.24) is 0 Å². The molecular formula is C52H34. The van der Waals surface area contributed by atoms with Crippen LogP contribution in [0.15, 0.2) is 206 Å². The first-order valence-corrected chi connectivity index (χ1v) is 18.0.